The first-order chi connectivity index (χ1) is 22.8. The summed E-state index contributed by atoms with van der Waals surface area (Å²) in [5.41, 5.74) is 8.83. The van der Waals surface area contributed by atoms with Gasteiger partial charge in [-0.25, -0.2) is 0 Å². The average molecular weight is 609 g/mol. The minimum atomic E-state index is 0.849. The standard InChI is InChI=1S/C41H24N2O2S/c1-3-12-35-28(7-1)30-9-5-11-34(41(30)45-35)43(33-10-6-14-37-40(33)31-8-2-4-13-36(31)44-37)27-18-15-25(16-19-27)26-17-20-29-32-24-42-22-21-38(32)46-39(29)23-26/h1-24H. The highest BCUT2D eigenvalue weighted by Gasteiger charge is 2.23. The molecule has 4 nitrogen and oxygen atoms in total. The van der Waals surface area contributed by atoms with Gasteiger partial charge >= 0.3 is 0 Å². The maximum absolute atomic E-state index is 6.58. The van der Waals surface area contributed by atoms with Gasteiger partial charge in [-0.2, -0.15) is 0 Å². The Labute approximate surface area is 267 Å². The fourth-order valence-corrected chi connectivity index (χ4v) is 7.97. The number of para-hydroxylation sites is 3. The van der Waals surface area contributed by atoms with Crippen molar-refractivity contribution >= 4 is 92.4 Å². The molecule has 10 rings (SSSR count). The Morgan fingerprint density at radius 3 is 2.11 bits per heavy atom. The fourth-order valence-electron chi connectivity index (χ4n) is 6.86. The lowest BCUT2D eigenvalue weighted by atomic mass is 10.0. The summed E-state index contributed by atoms with van der Waals surface area (Å²) in [6.07, 6.45) is 3.82. The van der Waals surface area contributed by atoms with Gasteiger partial charge in [0.05, 0.1) is 16.8 Å². The molecule has 0 radical (unpaired) electrons. The Kier molecular flexibility index (Phi) is 5.41. The first-order valence-electron chi connectivity index (χ1n) is 15.3. The number of aromatic nitrogens is 1. The van der Waals surface area contributed by atoms with Gasteiger partial charge in [0, 0.05) is 54.4 Å². The molecular formula is C41H24N2O2S. The van der Waals surface area contributed by atoms with Crippen LogP contribution in [0.4, 0.5) is 17.1 Å². The minimum absolute atomic E-state index is 0.849. The second kappa shape index (κ2) is 9.80. The Balaban J connectivity index is 1.18. The number of benzene rings is 6. The molecule has 216 valence electrons. The number of fused-ring (bicyclic) bond motifs is 9. The predicted molar refractivity (Wildman–Crippen MR) is 192 cm³/mol. The average Bonchev–Trinajstić information content (AvgIpc) is 3.80. The molecule has 0 aliphatic carbocycles. The molecule has 5 heteroatoms. The van der Waals surface area contributed by atoms with Crippen LogP contribution in [-0.2, 0) is 0 Å². The lowest BCUT2D eigenvalue weighted by Gasteiger charge is -2.26. The van der Waals surface area contributed by atoms with Gasteiger partial charge in [0.15, 0.2) is 5.58 Å². The molecule has 0 bridgehead atoms. The maximum atomic E-state index is 6.58. The van der Waals surface area contributed by atoms with E-state index in [2.05, 4.69) is 113 Å². The number of nitrogens with zero attached hydrogens (tertiary/aromatic N) is 2. The van der Waals surface area contributed by atoms with Gasteiger partial charge in [-0.05, 0) is 65.7 Å². The summed E-state index contributed by atoms with van der Waals surface area (Å²) in [4.78, 5) is 6.65. The number of thiophene rings is 1. The van der Waals surface area contributed by atoms with E-state index in [1.165, 1.54) is 25.7 Å². The highest BCUT2D eigenvalue weighted by molar-refractivity contribution is 7.25. The van der Waals surface area contributed by atoms with Gasteiger partial charge in [0.1, 0.15) is 16.7 Å². The monoisotopic (exact) mass is 608 g/mol. The molecule has 0 spiro atoms. The number of pyridine rings is 1. The number of hydrogen-bond acceptors (Lipinski definition) is 5. The second-order valence-electron chi connectivity index (χ2n) is 11.6. The van der Waals surface area contributed by atoms with Crippen molar-refractivity contribution in [2.24, 2.45) is 0 Å². The zero-order valence-corrected chi connectivity index (χ0v) is 25.3. The van der Waals surface area contributed by atoms with Gasteiger partial charge in [-0.15, -0.1) is 11.3 Å². The van der Waals surface area contributed by atoms with Gasteiger partial charge in [0.25, 0.3) is 0 Å². The predicted octanol–water partition coefficient (Wildman–Crippen LogP) is 12.4. The smallest absolute Gasteiger partial charge is 0.159 e. The maximum Gasteiger partial charge on any atom is 0.159 e. The molecule has 0 saturated carbocycles. The van der Waals surface area contributed by atoms with Crippen molar-refractivity contribution in [1.29, 1.82) is 0 Å². The first-order valence-corrected chi connectivity index (χ1v) is 16.1. The molecule has 0 aliphatic rings. The van der Waals surface area contributed by atoms with Crippen molar-refractivity contribution in [2.45, 2.75) is 0 Å². The van der Waals surface area contributed by atoms with Crippen LogP contribution >= 0.6 is 11.3 Å². The molecule has 6 aromatic carbocycles. The summed E-state index contributed by atoms with van der Waals surface area (Å²) in [6.45, 7) is 0. The Bertz CT molecular complexity index is 2770. The van der Waals surface area contributed by atoms with E-state index in [-0.39, 0.29) is 0 Å². The van der Waals surface area contributed by atoms with Crippen molar-refractivity contribution in [3.63, 3.8) is 0 Å². The van der Waals surface area contributed by atoms with Crippen molar-refractivity contribution < 1.29 is 8.83 Å². The van der Waals surface area contributed by atoms with E-state index in [0.717, 1.165) is 66.5 Å². The quantitative estimate of drug-likeness (QED) is 0.199. The molecule has 0 unspecified atom stereocenters. The molecule has 0 amide bonds. The minimum Gasteiger partial charge on any atom is -0.456 e. The molecule has 4 aromatic heterocycles. The number of hydrogen-bond donors (Lipinski definition) is 0. The van der Waals surface area contributed by atoms with E-state index in [0.29, 0.717) is 0 Å². The molecule has 46 heavy (non-hydrogen) atoms. The molecule has 0 aliphatic heterocycles. The van der Waals surface area contributed by atoms with Gasteiger partial charge in [-0.1, -0.05) is 78.9 Å². The SMILES string of the molecule is c1ccc2c(c1)oc1c(N(c3ccc(-c4ccc5c(c4)sc4ccncc45)cc3)c3cccc4oc5ccccc5c34)cccc12. The normalized spacial score (nSPS) is 11.9. The van der Waals surface area contributed by atoms with Gasteiger partial charge in [-0.3, -0.25) is 4.98 Å². The van der Waals surface area contributed by atoms with E-state index >= 15 is 0 Å². The van der Waals surface area contributed by atoms with E-state index in [1.807, 2.05) is 54.1 Å². The van der Waals surface area contributed by atoms with Crippen molar-refractivity contribution in [1.82, 2.24) is 4.98 Å². The third-order valence-electron chi connectivity index (χ3n) is 8.98. The number of furan rings is 2. The summed E-state index contributed by atoms with van der Waals surface area (Å²) in [5, 5.41) is 6.80. The molecule has 0 N–H and O–H groups in total. The van der Waals surface area contributed by atoms with Crippen molar-refractivity contribution in [2.75, 3.05) is 4.90 Å². The summed E-state index contributed by atoms with van der Waals surface area (Å²) in [5.74, 6) is 0. The third-order valence-corrected chi connectivity index (χ3v) is 10.1. The van der Waals surface area contributed by atoms with E-state index in [4.69, 9.17) is 8.83 Å². The summed E-state index contributed by atoms with van der Waals surface area (Å²) < 4.78 is 15.4. The lowest BCUT2D eigenvalue weighted by molar-refractivity contribution is 0.668. The zero-order valence-electron chi connectivity index (χ0n) is 24.5. The molecule has 4 heterocycles. The van der Waals surface area contributed by atoms with Crippen LogP contribution in [0.2, 0.25) is 0 Å². The van der Waals surface area contributed by atoms with Gasteiger partial charge < -0.3 is 13.7 Å². The largest absolute Gasteiger partial charge is 0.456 e. The highest BCUT2D eigenvalue weighted by Crippen LogP contribution is 2.46. The molecule has 0 saturated heterocycles. The highest BCUT2D eigenvalue weighted by atomic mass is 32.1. The third kappa shape index (κ3) is 3.76. The van der Waals surface area contributed by atoms with Gasteiger partial charge in [0.2, 0.25) is 0 Å². The molecular weight excluding hydrogens is 585 g/mol. The van der Waals surface area contributed by atoms with Crippen LogP contribution in [-0.4, -0.2) is 4.98 Å². The van der Waals surface area contributed by atoms with Crippen LogP contribution in [0.1, 0.15) is 0 Å². The fraction of sp³-hybridized carbons (Fsp3) is 0. The second-order valence-corrected chi connectivity index (χ2v) is 12.7. The van der Waals surface area contributed by atoms with Crippen molar-refractivity contribution in [3.05, 3.63) is 146 Å². The Morgan fingerprint density at radius 1 is 0.500 bits per heavy atom. The molecule has 0 atom stereocenters. The van der Waals surface area contributed by atoms with Crippen LogP contribution in [0.3, 0.4) is 0 Å². The van der Waals surface area contributed by atoms with E-state index in [1.54, 1.807) is 0 Å². The topological polar surface area (TPSA) is 42.4 Å². The van der Waals surface area contributed by atoms with E-state index in [9.17, 15) is 0 Å². The first kappa shape index (κ1) is 25.4. The van der Waals surface area contributed by atoms with Crippen LogP contribution in [0.5, 0.6) is 0 Å². The van der Waals surface area contributed by atoms with Crippen LogP contribution in [0, 0.1) is 0 Å². The summed E-state index contributed by atoms with van der Waals surface area (Å²) in [7, 11) is 0. The van der Waals surface area contributed by atoms with E-state index < -0.39 is 0 Å². The summed E-state index contributed by atoms with van der Waals surface area (Å²) in [6, 6.07) is 46.8. The van der Waals surface area contributed by atoms with Crippen LogP contribution in [0.25, 0.3) is 75.2 Å². The van der Waals surface area contributed by atoms with Crippen LogP contribution in [0.15, 0.2) is 155 Å². The Morgan fingerprint density at radius 2 is 1.22 bits per heavy atom. The van der Waals surface area contributed by atoms with Crippen molar-refractivity contribution in [3.8, 4) is 11.1 Å². The Hall–Kier alpha value is -5.91. The molecule has 0 fully saturated rings. The summed E-state index contributed by atoms with van der Waals surface area (Å²) >= 11 is 1.81. The molecule has 10 aromatic rings. The van der Waals surface area contributed by atoms with Crippen LogP contribution < -0.4 is 4.90 Å². The zero-order chi connectivity index (χ0) is 30.2. The number of rotatable bonds is 4. The number of anilines is 3. The lowest BCUT2D eigenvalue weighted by Crippen LogP contribution is -2.10.